The van der Waals surface area contributed by atoms with Crippen molar-refractivity contribution in [3.05, 3.63) is 0 Å². The van der Waals surface area contributed by atoms with Crippen LogP contribution in [0.15, 0.2) is 0 Å². The minimum Gasteiger partial charge on any atom is -0.469 e. The van der Waals surface area contributed by atoms with Gasteiger partial charge in [0.15, 0.2) is 0 Å². The van der Waals surface area contributed by atoms with Gasteiger partial charge in [-0.3, -0.25) is 4.79 Å². The van der Waals surface area contributed by atoms with E-state index in [1.807, 2.05) is 6.92 Å². The van der Waals surface area contributed by atoms with Crippen molar-refractivity contribution in [2.24, 2.45) is 0 Å². The van der Waals surface area contributed by atoms with E-state index in [1.54, 1.807) is 4.31 Å². The Kier molecular flexibility index (Phi) is 4.73. The number of esters is 1. The summed E-state index contributed by atoms with van der Waals surface area (Å²) >= 11 is 0. The summed E-state index contributed by atoms with van der Waals surface area (Å²) in [6.45, 7) is 2.53. The Morgan fingerprint density at radius 1 is 1.50 bits per heavy atom. The smallest absolute Gasteiger partial charge is 0.305 e. The lowest BCUT2D eigenvalue weighted by Gasteiger charge is -2.20. The second kappa shape index (κ2) is 5.63. The third-order valence-corrected chi connectivity index (χ3v) is 4.92. The maximum Gasteiger partial charge on any atom is 0.305 e. The Labute approximate surface area is 96.8 Å². The van der Waals surface area contributed by atoms with Crippen LogP contribution in [0, 0.1) is 0 Å². The van der Waals surface area contributed by atoms with Crippen LogP contribution in [0.5, 0.6) is 0 Å². The van der Waals surface area contributed by atoms with Gasteiger partial charge in [0.25, 0.3) is 0 Å². The average Bonchev–Trinajstić information content (AvgIpc) is 2.64. The molecule has 5 nitrogen and oxygen atoms in total. The van der Waals surface area contributed by atoms with E-state index in [1.165, 1.54) is 7.11 Å². The summed E-state index contributed by atoms with van der Waals surface area (Å²) in [5.41, 5.74) is 0. The van der Waals surface area contributed by atoms with E-state index in [4.69, 9.17) is 0 Å². The molecule has 0 aliphatic carbocycles. The lowest BCUT2D eigenvalue weighted by atomic mass is 10.3. The number of carbonyl (C=O) groups excluding carboxylic acids is 1. The van der Waals surface area contributed by atoms with Gasteiger partial charge in [-0.1, -0.05) is 0 Å². The fraction of sp³-hybridized carbons (Fsp3) is 0.900. The molecule has 1 unspecified atom stereocenters. The van der Waals surface area contributed by atoms with Crippen LogP contribution in [0.3, 0.4) is 0 Å². The predicted molar refractivity (Wildman–Crippen MR) is 60.4 cm³/mol. The summed E-state index contributed by atoms with van der Waals surface area (Å²) in [6.07, 6.45) is 2.35. The quantitative estimate of drug-likeness (QED) is 0.675. The predicted octanol–water partition coefficient (Wildman–Crippen LogP) is 0.754. The van der Waals surface area contributed by atoms with Gasteiger partial charge in [0, 0.05) is 19.0 Å². The Bertz CT molecular complexity index is 339. The minimum atomic E-state index is -3.19. The lowest BCUT2D eigenvalue weighted by Crippen LogP contribution is -2.35. The van der Waals surface area contributed by atoms with E-state index < -0.39 is 10.0 Å². The third-order valence-electron chi connectivity index (χ3n) is 2.86. The zero-order chi connectivity index (χ0) is 12.2. The monoisotopic (exact) mass is 249 g/mol. The molecule has 1 saturated heterocycles. The van der Waals surface area contributed by atoms with Crippen LogP contribution in [0.1, 0.15) is 32.6 Å². The zero-order valence-electron chi connectivity index (χ0n) is 9.81. The van der Waals surface area contributed by atoms with Crippen LogP contribution < -0.4 is 0 Å². The zero-order valence-corrected chi connectivity index (χ0v) is 10.6. The Hall–Kier alpha value is -0.620. The summed E-state index contributed by atoms with van der Waals surface area (Å²) in [4.78, 5) is 10.9. The Balaban J connectivity index is 2.43. The highest BCUT2D eigenvalue weighted by molar-refractivity contribution is 7.89. The van der Waals surface area contributed by atoms with Crippen molar-refractivity contribution >= 4 is 16.0 Å². The molecule has 0 spiro atoms. The van der Waals surface area contributed by atoms with Crippen LogP contribution in [-0.2, 0) is 19.6 Å². The summed E-state index contributed by atoms with van der Waals surface area (Å²) in [5, 5.41) is 0. The highest BCUT2D eigenvalue weighted by atomic mass is 32.2. The molecule has 16 heavy (non-hydrogen) atoms. The molecule has 0 N–H and O–H groups in total. The van der Waals surface area contributed by atoms with E-state index in [0.717, 1.165) is 12.8 Å². The van der Waals surface area contributed by atoms with E-state index in [-0.39, 0.29) is 24.2 Å². The van der Waals surface area contributed by atoms with E-state index in [0.29, 0.717) is 13.0 Å². The molecule has 1 aliphatic rings. The molecule has 0 bridgehead atoms. The number of ether oxygens (including phenoxy) is 1. The first-order valence-electron chi connectivity index (χ1n) is 5.53. The molecule has 0 aromatic carbocycles. The van der Waals surface area contributed by atoms with Gasteiger partial charge in [-0.05, 0) is 26.2 Å². The molecule has 1 fully saturated rings. The molecular formula is C10H19NO4S. The summed E-state index contributed by atoms with van der Waals surface area (Å²) in [7, 11) is -1.88. The number of rotatable bonds is 5. The number of hydrogen-bond donors (Lipinski definition) is 0. The molecule has 1 aliphatic heterocycles. The lowest BCUT2D eigenvalue weighted by molar-refractivity contribution is -0.140. The van der Waals surface area contributed by atoms with Crippen molar-refractivity contribution in [1.82, 2.24) is 4.31 Å². The first kappa shape index (κ1) is 13.4. The Morgan fingerprint density at radius 3 is 2.69 bits per heavy atom. The maximum atomic E-state index is 11.9. The van der Waals surface area contributed by atoms with Gasteiger partial charge in [-0.2, -0.15) is 4.31 Å². The van der Waals surface area contributed by atoms with Crippen molar-refractivity contribution in [2.45, 2.75) is 38.6 Å². The van der Waals surface area contributed by atoms with Gasteiger partial charge in [0.2, 0.25) is 10.0 Å². The molecule has 0 amide bonds. The molecule has 1 rings (SSSR count). The summed E-state index contributed by atoms with van der Waals surface area (Å²) < 4.78 is 29.8. The molecule has 1 atom stereocenters. The maximum absolute atomic E-state index is 11.9. The number of methoxy groups -OCH3 is 1. The second-order valence-electron chi connectivity index (χ2n) is 4.10. The molecule has 0 aromatic heterocycles. The van der Waals surface area contributed by atoms with E-state index >= 15 is 0 Å². The van der Waals surface area contributed by atoms with E-state index in [2.05, 4.69) is 4.74 Å². The minimum absolute atomic E-state index is 0.0342. The molecule has 0 saturated carbocycles. The van der Waals surface area contributed by atoms with Crippen LogP contribution in [0.25, 0.3) is 0 Å². The molecule has 1 heterocycles. The average molecular weight is 249 g/mol. The fourth-order valence-electron chi connectivity index (χ4n) is 1.94. The topological polar surface area (TPSA) is 63.7 Å². The van der Waals surface area contributed by atoms with Gasteiger partial charge in [-0.25, -0.2) is 8.42 Å². The normalized spacial score (nSPS) is 22.2. The van der Waals surface area contributed by atoms with Gasteiger partial charge in [0.05, 0.1) is 12.9 Å². The summed E-state index contributed by atoms with van der Waals surface area (Å²) in [6, 6.07) is 0.100. The van der Waals surface area contributed by atoms with Crippen molar-refractivity contribution < 1.29 is 17.9 Å². The Morgan fingerprint density at radius 2 is 2.19 bits per heavy atom. The molecule has 0 aromatic rings. The van der Waals surface area contributed by atoms with Crippen LogP contribution >= 0.6 is 0 Å². The number of hydrogen-bond acceptors (Lipinski definition) is 4. The second-order valence-corrected chi connectivity index (χ2v) is 6.14. The van der Waals surface area contributed by atoms with Crippen molar-refractivity contribution in [2.75, 3.05) is 19.4 Å². The van der Waals surface area contributed by atoms with Crippen LogP contribution in [-0.4, -0.2) is 44.1 Å². The first-order valence-corrected chi connectivity index (χ1v) is 7.14. The van der Waals surface area contributed by atoms with Gasteiger partial charge in [0.1, 0.15) is 0 Å². The van der Waals surface area contributed by atoms with E-state index in [9.17, 15) is 13.2 Å². The first-order chi connectivity index (χ1) is 7.47. The van der Waals surface area contributed by atoms with Crippen molar-refractivity contribution in [3.63, 3.8) is 0 Å². The van der Waals surface area contributed by atoms with Crippen LogP contribution in [0.2, 0.25) is 0 Å². The molecule has 94 valence electrons. The highest BCUT2D eigenvalue weighted by Gasteiger charge is 2.30. The molecule has 6 heteroatoms. The highest BCUT2D eigenvalue weighted by Crippen LogP contribution is 2.21. The molecular weight excluding hydrogens is 230 g/mol. The molecule has 0 radical (unpaired) electrons. The number of sulfonamides is 1. The van der Waals surface area contributed by atoms with Crippen molar-refractivity contribution in [1.29, 1.82) is 0 Å². The fourth-order valence-corrected chi connectivity index (χ4v) is 3.74. The third kappa shape index (κ3) is 3.45. The summed E-state index contributed by atoms with van der Waals surface area (Å²) in [5.74, 6) is -0.323. The van der Waals surface area contributed by atoms with Gasteiger partial charge >= 0.3 is 5.97 Å². The number of nitrogens with zero attached hydrogens (tertiary/aromatic N) is 1. The number of carbonyl (C=O) groups is 1. The standard InChI is InChI=1S/C10H19NO4S/c1-9-5-3-7-11(9)16(13,14)8-4-6-10(12)15-2/h9H,3-8H2,1-2H3. The van der Waals surface area contributed by atoms with Gasteiger partial charge < -0.3 is 4.74 Å². The van der Waals surface area contributed by atoms with Crippen molar-refractivity contribution in [3.8, 4) is 0 Å². The van der Waals surface area contributed by atoms with Crippen LogP contribution in [0.4, 0.5) is 0 Å². The largest absolute Gasteiger partial charge is 0.469 e. The van der Waals surface area contributed by atoms with Gasteiger partial charge in [-0.15, -0.1) is 0 Å². The SMILES string of the molecule is COC(=O)CCCS(=O)(=O)N1CCCC1C.